The van der Waals surface area contributed by atoms with Crippen LogP contribution in [0.2, 0.25) is 5.02 Å². The summed E-state index contributed by atoms with van der Waals surface area (Å²) < 4.78 is 13.5. The smallest absolute Gasteiger partial charge is 0.142 e. The van der Waals surface area contributed by atoms with Crippen molar-refractivity contribution in [3.63, 3.8) is 0 Å². The third-order valence-electron chi connectivity index (χ3n) is 2.98. The highest BCUT2D eigenvalue weighted by Crippen LogP contribution is 2.44. The van der Waals surface area contributed by atoms with Crippen molar-refractivity contribution in [2.75, 3.05) is 0 Å². The van der Waals surface area contributed by atoms with E-state index in [9.17, 15) is 4.39 Å². The van der Waals surface area contributed by atoms with Gasteiger partial charge in [-0.3, -0.25) is 0 Å². The molecule has 0 N–H and O–H groups in total. The minimum absolute atomic E-state index is 0.143. The maximum Gasteiger partial charge on any atom is 0.142 e. The highest BCUT2D eigenvalue weighted by Gasteiger charge is 2.22. The summed E-state index contributed by atoms with van der Waals surface area (Å²) in [6.45, 7) is 0. The van der Waals surface area contributed by atoms with Crippen molar-refractivity contribution >= 4 is 35.0 Å². The first kappa shape index (κ1) is 12.3. The molecule has 92 valence electrons. The first-order valence-electron chi connectivity index (χ1n) is 5.54. The monoisotopic (exact) mass is 298 g/mol. The lowest BCUT2D eigenvalue weighted by Gasteiger charge is -2.10. The van der Waals surface area contributed by atoms with E-state index in [4.69, 9.17) is 23.2 Å². The molecular formula is C14H9Cl2FS. The van der Waals surface area contributed by atoms with Gasteiger partial charge >= 0.3 is 0 Å². The summed E-state index contributed by atoms with van der Waals surface area (Å²) in [6, 6.07) is 11.2. The first-order valence-corrected chi connectivity index (χ1v) is 7.17. The highest BCUT2D eigenvalue weighted by molar-refractivity contribution is 7.99. The number of rotatable bonds is 0. The molecule has 0 saturated heterocycles. The van der Waals surface area contributed by atoms with E-state index in [1.807, 2.05) is 12.1 Å². The quantitative estimate of drug-likeness (QED) is 0.581. The Morgan fingerprint density at radius 3 is 2.78 bits per heavy atom. The van der Waals surface area contributed by atoms with Gasteiger partial charge in [-0.05, 0) is 35.7 Å². The average Bonchev–Trinajstić information content (AvgIpc) is 2.47. The van der Waals surface area contributed by atoms with Crippen LogP contribution < -0.4 is 0 Å². The van der Waals surface area contributed by atoms with Crippen molar-refractivity contribution in [2.45, 2.75) is 21.6 Å². The third kappa shape index (κ3) is 2.13. The average molecular weight is 299 g/mol. The fourth-order valence-electron chi connectivity index (χ4n) is 2.07. The third-order valence-corrected chi connectivity index (χ3v) is 4.85. The van der Waals surface area contributed by atoms with Gasteiger partial charge in [-0.2, -0.15) is 0 Å². The van der Waals surface area contributed by atoms with E-state index in [-0.39, 0.29) is 10.4 Å². The van der Waals surface area contributed by atoms with E-state index in [0.29, 0.717) is 6.42 Å². The predicted octanol–water partition coefficient (Wildman–Crippen LogP) is 5.47. The SMILES string of the molecule is Fc1cc2c(cc1Cl)Sc1ccccc1CC2Cl. The molecule has 2 aromatic carbocycles. The summed E-state index contributed by atoms with van der Waals surface area (Å²) >= 11 is 13.8. The van der Waals surface area contributed by atoms with Crippen LogP contribution in [0, 0.1) is 5.82 Å². The second kappa shape index (κ2) is 4.76. The molecule has 0 radical (unpaired) electrons. The van der Waals surface area contributed by atoms with Crippen molar-refractivity contribution < 1.29 is 4.39 Å². The zero-order valence-electron chi connectivity index (χ0n) is 9.29. The van der Waals surface area contributed by atoms with Crippen LogP contribution in [-0.4, -0.2) is 0 Å². The highest BCUT2D eigenvalue weighted by atomic mass is 35.5. The lowest BCUT2D eigenvalue weighted by molar-refractivity contribution is 0.623. The van der Waals surface area contributed by atoms with Crippen molar-refractivity contribution in [2.24, 2.45) is 0 Å². The van der Waals surface area contributed by atoms with Gasteiger partial charge in [-0.25, -0.2) is 4.39 Å². The normalized spacial score (nSPS) is 17.8. The van der Waals surface area contributed by atoms with Crippen LogP contribution in [0.1, 0.15) is 16.5 Å². The summed E-state index contributed by atoms with van der Waals surface area (Å²) in [6.07, 6.45) is 0.707. The zero-order chi connectivity index (χ0) is 12.7. The lowest BCUT2D eigenvalue weighted by Crippen LogP contribution is -1.96. The molecule has 18 heavy (non-hydrogen) atoms. The Morgan fingerprint density at radius 2 is 1.94 bits per heavy atom. The Morgan fingerprint density at radius 1 is 1.17 bits per heavy atom. The van der Waals surface area contributed by atoms with E-state index < -0.39 is 5.82 Å². The van der Waals surface area contributed by atoms with Gasteiger partial charge in [0, 0.05) is 9.79 Å². The molecule has 0 bridgehead atoms. The van der Waals surface area contributed by atoms with Crippen LogP contribution in [0.5, 0.6) is 0 Å². The van der Waals surface area contributed by atoms with Gasteiger partial charge in [0.05, 0.1) is 10.4 Å². The van der Waals surface area contributed by atoms with Gasteiger partial charge in [0.2, 0.25) is 0 Å². The fraction of sp³-hybridized carbons (Fsp3) is 0.143. The molecular weight excluding hydrogens is 290 g/mol. The zero-order valence-corrected chi connectivity index (χ0v) is 11.6. The van der Waals surface area contributed by atoms with Crippen molar-refractivity contribution in [3.8, 4) is 0 Å². The second-order valence-corrected chi connectivity index (χ2v) is 6.20. The Labute approximate surface area is 119 Å². The Kier molecular flexibility index (Phi) is 3.27. The first-order chi connectivity index (χ1) is 8.65. The fourth-order valence-corrected chi connectivity index (χ4v) is 3.87. The molecule has 3 rings (SSSR count). The molecule has 1 aliphatic heterocycles. The molecule has 0 amide bonds. The number of benzene rings is 2. The minimum Gasteiger partial charge on any atom is -0.205 e. The van der Waals surface area contributed by atoms with Crippen molar-refractivity contribution in [1.29, 1.82) is 0 Å². The molecule has 2 aromatic rings. The number of hydrogen-bond donors (Lipinski definition) is 0. The Hall–Kier alpha value is -0.700. The molecule has 0 aromatic heterocycles. The van der Waals surface area contributed by atoms with E-state index >= 15 is 0 Å². The molecule has 0 spiro atoms. The number of alkyl halides is 1. The van der Waals surface area contributed by atoms with E-state index in [1.54, 1.807) is 17.8 Å². The van der Waals surface area contributed by atoms with Crippen molar-refractivity contribution in [3.05, 3.63) is 58.4 Å². The summed E-state index contributed by atoms with van der Waals surface area (Å²) in [5, 5.41) is -0.0765. The van der Waals surface area contributed by atoms with Gasteiger partial charge in [-0.15, -0.1) is 11.6 Å². The molecule has 1 aliphatic rings. The second-order valence-electron chi connectivity index (χ2n) is 4.19. The standard InChI is InChI=1S/C14H9Cl2FS/c15-10-5-8-3-1-2-4-13(8)18-14-7-11(16)12(17)6-9(10)14/h1-4,6-7,10H,5H2. The topological polar surface area (TPSA) is 0 Å². The van der Waals surface area contributed by atoms with Crippen LogP contribution in [-0.2, 0) is 6.42 Å². The van der Waals surface area contributed by atoms with Crippen LogP contribution >= 0.6 is 35.0 Å². The van der Waals surface area contributed by atoms with Crippen LogP contribution in [0.4, 0.5) is 4.39 Å². The summed E-state index contributed by atoms with van der Waals surface area (Å²) in [7, 11) is 0. The summed E-state index contributed by atoms with van der Waals surface area (Å²) in [5.41, 5.74) is 2.01. The summed E-state index contributed by atoms with van der Waals surface area (Å²) in [5.74, 6) is -0.410. The van der Waals surface area contributed by atoms with Gasteiger partial charge in [0.25, 0.3) is 0 Å². The molecule has 0 nitrogen and oxygen atoms in total. The van der Waals surface area contributed by atoms with E-state index in [0.717, 1.165) is 15.4 Å². The molecule has 1 atom stereocenters. The molecule has 1 heterocycles. The molecule has 0 fully saturated rings. The molecule has 1 unspecified atom stereocenters. The number of hydrogen-bond acceptors (Lipinski definition) is 1. The van der Waals surface area contributed by atoms with Gasteiger partial charge in [0.15, 0.2) is 0 Å². The molecule has 0 aliphatic carbocycles. The maximum absolute atomic E-state index is 13.5. The van der Waals surface area contributed by atoms with Crippen LogP contribution in [0.25, 0.3) is 0 Å². The Balaban J connectivity index is 2.16. The van der Waals surface area contributed by atoms with Crippen LogP contribution in [0.3, 0.4) is 0 Å². The largest absolute Gasteiger partial charge is 0.205 e. The van der Waals surface area contributed by atoms with Crippen molar-refractivity contribution in [1.82, 2.24) is 0 Å². The number of halogens is 3. The van der Waals surface area contributed by atoms with Gasteiger partial charge < -0.3 is 0 Å². The predicted molar refractivity (Wildman–Crippen MR) is 74.3 cm³/mol. The molecule has 0 saturated carbocycles. The van der Waals surface area contributed by atoms with E-state index in [1.165, 1.54) is 11.6 Å². The lowest BCUT2D eigenvalue weighted by atomic mass is 10.0. The summed E-state index contributed by atoms with van der Waals surface area (Å²) in [4.78, 5) is 2.09. The minimum atomic E-state index is -0.410. The molecule has 4 heteroatoms. The van der Waals surface area contributed by atoms with Gasteiger partial charge in [-0.1, -0.05) is 41.6 Å². The number of fused-ring (bicyclic) bond motifs is 2. The Bertz CT molecular complexity index is 613. The maximum atomic E-state index is 13.5. The van der Waals surface area contributed by atoms with E-state index in [2.05, 4.69) is 12.1 Å². The van der Waals surface area contributed by atoms with Crippen LogP contribution in [0.15, 0.2) is 46.2 Å². The van der Waals surface area contributed by atoms with Gasteiger partial charge in [0.1, 0.15) is 5.82 Å².